The molecule has 0 aliphatic rings. The topological polar surface area (TPSA) is 30.7 Å². The molecule has 0 aliphatic heterocycles. The van der Waals surface area contributed by atoms with Crippen LogP contribution in [-0.4, -0.2) is 20.4 Å². The van der Waals surface area contributed by atoms with Crippen molar-refractivity contribution in [2.24, 2.45) is 0 Å². The van der Waals surface area contributed by atoms with E-state index < -0.39 is 0 Å². The molecule has 3 nitrogen and oxygen atoms in total. The molecule has 0 atom stereocenters. The first-order chi connectivity index (χ1) is 10.2. The van der Waals surface area contributed by atoms with Crippen LogP contribution in [0.2, 0.25) is 0 Å². The number of nitrogens with zero attached hydrogens (tertiary/aromatic N) is 3. The van der Waals surface area contributed by atoms with Gasteiger partial charge in [0.25, 0.3) is 0 Å². The molecule has 0 radical (unpaired) electrons. The van der Waals surface area contributed by atoms with Gasteiger partial charge in [-0.2, -0.15) is 0 Å². The summed E-state index contributed by atoms with van der Waals surface area (Å²) < 4.78 is 16.2. The molecular formula is C15H12BrClFN3. The normalized spacial score (nSPS) is 11.2. The minimum absolute atomic E-state index is 0.244. The van der Waals surface area contributed by atoms with Crippen LogP contribution in [0.15, 0.2) is 41.0 Å². The van der Waals surface area contributed by atoms with E-state index in [1.54, 1.807) is 12.3 Å². The summed E-state index contributed by atoms with van der Waals surface area (Å²) in [5.74, 6) is 1.09. The van der Waals surface area contributed by atoms with Crippen LogP contribution in [0.1, 0.15) is 11.4 Å². The number of rotatable bonds is 4. The van der Waals surface area contributed by atoms with Gasteiger partial charge in [-0.05, 0) is 39.7 Å². The predicted molar refractivity (Wildman–Crippen MR) is 85.2 cm³/mol. The Morgan fingerprint density at radius 2 is 2.14 bits per heavy atom. The smallest absolute Gasteiger partial charge is 0.160 e. The van der Waals surface area contributed by atoms with Gasteiger partial charge in [-0.3, -0.25) is 0 Å². The maximum Gasteiger partial charge on any atom is 0.160 e. The van der Waals surface area contributed by atoms with Crippen LogP contribution in [0.25, 0.3) is 11.2 Å². The quantitative estimate of drug-likeness (QED) is 0.647. The lowest BCUT2D eigenvalue weighted by Gasteiger charge is -2.08. The number of aryl methyl sites for hydroxylation is 1. The van der Waals surface area contributed by atoms with E-state index in [1.807, 2.05) is 16.7 Å². The Morgan fingerprint density at radius 1 is 1.29 bits per heavy atom. The Bertz CT molecular complexity index is 788. The summed E-state index contributed by atoms with van der Waals surface area (Å²) in [5, 5.41) is 0. The van der Waals surface area contributed by atoms with Crippen molar-refractivity contribution in [1.29, 1.82) is 0 Å². The van der Waals surface area contributed by atoms with Crippen molar-refractivity contribution >= 4 is 38.7 Å². The van der Waals surface area contributed by atoms with Crippen LogP contribution in [-0.2, 0) is 13.0 Å². The SMILES string of the molecule is Fc1cccc(Cn2c(CCCl)nc3cc(Br)cnc32)c1. The Labute approximate surface area is 134 Å². The fraction of sp³-hybridized carbons (Fsp3) is 0.200. The number of halogens is 3. The van der Waals surface area contributed by atoms with Crippen molar-refractivity contribution in [3.63, 3.8) is 0 Å². The van der Waals surface area contributed by atoms with E-state index >= 15 is 0 Å². The average molecular weight is 369 g/mol. The average Bonchev–Trinajstić information content (AvgIpc) is 2.76. The molecule has 0 aliphatic carbocycles. The second-order valence-corrected chi connectivity index (χ2v) is 5.97. The summed E-state index contributed by atoms with van der Waals surface area (Å²) in [6.45, 7) is 0.523. The van der Waals surface area contributed by atoms with E-state index in [0.29, 0.717) is 18.8 Å². The lowest BCUT2D eigenvalue weighted by Crippen LogP contribution is -2.07. The molecule has 0 spiro atoms. The van der Waals surface area contributed by atoms with Crippen molar-refractivity contribution in [2.45, 2.75) is 13.0 Å². The van der Waals surface area contributed by atoms with Crippen molar-refractivity contribution in [1.82, 2.24) is 14.5 Å². The third kappa shape index (κ3) is 3.09. The summed E-state index contributed by atoms with van der Waals surface area (Å²) in [7, 11) is 0. The molecule has 108 valence electrons. The Morgan fingerprint density at radius 3 is 2.90 bits per heavy atom. The molecule has 3 rings (SSSR count). The molecule has 6 heteroatoms. The van der Waals surface area contributed by atoms with E-state index in [-0.39, 0.29) is 5.82 Å². The summed E-state index contributed by atoms with van der Waals surface area (Å²) in [6, 6.07) is 8.47. The zero-order valence-corrected chi connectivity index (χ0v) is 13.4. The van der Waals surface area contributed by atoms with Crippen LogP contribution in [0.5, 0.6) is 0 Å². The molecule has 21 heavy (non-hydrogen) atoms. The summed E-state index contributed by atoms with van der Waals surface area (Å²) in [5.41, 5.74) is 2.46. The van der Waals surface area contributed by atoms with Crippen LogP contribution >= 0.6 is 27.5 Å². The molecule has 0 saturated heterocycles. The maximum atomic E-state index is 13.3. The number of fused-ring (bicyclic) bond motifs is 1. The molecule has 3 aromatic rings. The molecule has 2 heterocycles. The molecule has 0 N–H and O–H groups in total. The predicted octanol–water partition coefficient (Wildman–Crippen LogP) is 4.16. The minimum atomic E-state index is -0.244. The summed E-state index contributed by atoms with van der Waals surface area (Å²) in [4.78, 5) is 8.99. The number of benzene rings is 1. The monoisotopic (exact) mass is 367 g/mol. The number of pyridine rings is 1. The van der Waals surface area contributed by atoms with Gasteiger partial charge < -0.3 is 4.57 Å². The number of hydrogen-bond acceptors (Lipinski definition) is 2. The van der Waals surface area contributed by atoms with Gasteiger partial charge in [0.15, 0.2) is 5.65 Å². The molecule has 1 aromatic carbocycles. The second kappa shape index (κ2) is 6.12. The first kappa shape index (κ1) is 14.5. The van der Waals surface area contributed by atoms with E-state index in [9.17, 15) is 4.39 Å². The maximum absolute atomic E-state index is 13.3. The molecule has 0 fully saturated rings. The summed E-state index contributed by atoms with van der Waals surface area (Å²) in [6.07, 6.45) is 2.38. The minimum Gasteiger partial charge on any atom is -0.308 e. The van der Waals surface area contributed by atoms with Crippen LogP contribution in [0.4, 0.5) is 4.39 Å². The van der Waals surface area contributed by atoms with Crippen molar-refractivity contribution in [2.75, 3.05) is 5.88 Å². The van der Waals surface area contributed by atoms with E-state index in [1.165, 1.54) is 12.1 Å². The van der Waals surface area contributed by atoms with E-state index in [4.69, 9.17) is 11.6 Å². The van der Waals surface area contributed by atoms with Gasteiger partial charge in [0, 0.05) is 23.0 Å². The molecular weight excluding hydrogens is 357 g/mol. The fourth-order valence-electron chi connectivity index (χ4n) is 2.29. The fourth-order valence-corrected chi connectivity index (χ4v) is 2.78. The number of aromatic nitrogens is 3. The number of hydrogen-bond donors (Lipinski definition) is 0. The van der Waals surface area contributed by atoms with Crippen LogP contribution in [0.3, 0.4) is 0 Å². The van der Waals surface area contributed by atoms with Crippen molar-refractivity contribution in [3.05, 3.63) is 58.2 Å². The van der Waals surface area contributed by atoms with Gasteiger partial charge in [0.1, 0.15) is 17.2 Å². The highest BCUT2D eigenvalue weighted by atomic mass is 79.9. The highest BCUT2D eigenvalue weighted by molar-refractivity contribution is 9.10. The zero-order valence-electron chi connectivity index (χ0n) is 11.1. The van der Waals surface area contributed by atoms with Gasteiger partial charge in [0.05, 0.1) is 6.54 Å². The van der Waals surface area contributed by atoms with Crippen molar-refractivity contribution in [3.8, 4) is 0 Å². The number of alkyl halides is 1. The van der Waals surface area contributed by atoms with Crippen molar-refractivity contribution < 1.29 is 4.39 Å². The van der Waals surface area contributed by atoms with Crippen LogP contribution in [0, 0.1) is 5.82 Å². The van der Waals surface area contributed by atoms with E-state index in [0.717, 1.165) is 27.0 Å². The first-order valence-electron chi connectivity index (χ1n) is 6.48. The van der Waals surface area contributed by atoms with Gasteiger partial charge in [-0.25, -0.2) is 14.4 Å². The molecule has 0 bridgehead atoms. The molecule has 0 amide bonds. The van der Waals surface area contributed by atoms with Gasteiger partial charge >= 0.3 is 0 Å². The lowest BCUT2D eigenvalue weighted by atomic mass is 10.2. The highest BCUT2D eigenvalue weighted by Gasteiger charge is 2.12. The lowest BCUT2D eigenvalue weighted by molar-refractivity contribution is 0.623. The summed E-state index contributed by atoms with van der Waals surface area (Å²) >= 11 is 9.25. The second-order valence-electron chi connectivity index (χ2n) is 4.68. The standard InChI is InChI=1S/C15H12BrClFN3/c16-11-7-13-15(19-8-11)21(14(20-13)4-5-17)9-10-2-1-3-12(18)6-10/h1-3,6-8H,4-5,9H2. The van der Waals surface area contributed by atoms with Gasteiger partial charge in [-0.1, -0.05) is 12.1 Å². The van der Waals surface area contributed by atoms with E-state index in [2.05, 4.69) is 25.9 Å². The van der Waals surface area contributed by atoms with Gasteiger partial charge in [-0.15, -0.1) is 11.6 Å². The highest BCUT2D eigenvalue weighted by Crippen LogP contribution is 2.20. The van der Waals surface area contributed by atoms with Crippen LogP contribution < -0.4 is 0 Å². The number of imidazole rings is 1. The Hall–Kier alpha value is -1.46. The molecule has 2 aromatic heterocycles. The Kier molecular flexibility index (Phi) is 4.22. The first-order valence-corrected chi connectivity index (χ1v) is 7.81. The largest absolute Gasteiger partial charge is 0.308 e. The Balaban J connectivity index is 2.08. The zero-order chi connectivity index (χ0) is 14.8. The molecule has 0 unspecified atom stereocenters. The third-order valence-electron chi connectivity index (χ3n) is 3.18. The van der Waals surface area contributed by atoms with Gasteiger partial charge in [0.2, 0.25) is 0 Å². The third-order valence-corrected chi connectivity index (χ3v) is 3.80. The molecule has 0 saturated carbocycles.